The lowest BCUT2D eigenvalue weighted by Crippen LogP contribution is -2.21. The van der Waals surface area contributed by atoms with E-state index in [0.717, 1.165) is 0 Å². The van der Waals surface area contributed by atoms with E-state index in [0.29, 0.717) is 16.7 Å². The van der Waals surface area contributed by atoms with Crippen LogP contribution in [0, 0.1) is 18.3 Å². The summed E-state index contributed by atoms with van der Waals surface area (Å²) in [7, 11) is 0. The van der Waals surface area contributed by atoms with Crippen molar-refractivity contribution in [3.8, 4) is 6.07 Å². The van der Waals surface area contributed by atoms with Crippen LogP contribution in [0.2, 0.25) is 0 Å². The maximum atomic E-state index is 10.4. The van der Waals surface area contributed by atoms with Crippen LogP contribution in [0.5, 0.6) is 0 Å². The zero-order valence-corrected chi connectivity index (χ0v) is 9.29. The lowest BCUT2D eigenvalue weighted by Gasteiger charge is -2.17. The zero-order valence-electron chi connectivity index (χ0n) is 9.29. The monoisotopic (exact) mass is 235 g/mol. The molecule has 0 saturated carbocycles. The van der Waals surface area contributed by atoms with Crippen LogP contribution in [0.3, 0.4) is 0 Å². The molecule has 5 heteroatoms. The number of hydrogen-bond donors (Lipinski definition) is 3. The topological polar surface area (TPSA) is 102 Å². The van der Waals surface area contributed by atoms with Crippen LogP contribution in [0.4, 0.5) is 0 Å². The summed E-state index contributed by atoms with van der Waals surface area (Å²) < 4.78 is 0. The van der Waals surface area contributed by atoms with Crippen LogP contribution in [0.15, 0.2) is 18.2 Å². The number of nitriles is 1. The Labute approximate surface area is 98.6 Å². The van der Waals surface area contributed by atoms with Crippen LogP contribution < -0.4 is 0 Å². The third-order valence-corrected chi connectivity index (χ3v) is 2.46. The highest BCUT2D eigenvalue weighted by atomic mass is 16.4. The highest BCUT2D eigenvalue weighted by molar-refractivity contribution is 5.67. The maximum absolute atomic E-state index is 10.4. The predicted octanol–water partition coefficient (Wildman–Crippen LogP) is 0.736. The second-order valence-electron chi connectivity index (χ2n) is 3.80. The lowest BCUT2D eigenvalue weighted by molar-refractivity contribution is -0.141. The smallest absolute Gasteiger partial charge is 0.306 e. The van der Waals surface area contributed by atoms with Crippen molar-refractivity contribution in [1.29, 1.82) is 5.26 Å². The first kappa shape index (κ1) is 13.2. The van der Waals surface area contributed by atoms with Crippen molar-refractivity contribution in [1.82, 2.24) is 0 Å². The number of carbonyl (C=O) groups is 1. The van der Waals surface area contributed by atoms with Crippen molar-refractivity contribution < 1.29 is 20.1 Å². The third-order valence-electron chi connectivity index (χ3n) is 2.46. The number of carboxylic acids is 1. The molecule has 0 aromatic heterocycles. The molecule has 3 N–H and O–H groups in total. The predicted molar refractivity (Wildman–Crippen MR) is 59.1 cm³/mol. The van der Waals surface area contributed by atoms with Gasteiger partial charge >= 0.3 is 5.97 Å². The number of nitrogens with zero attached hydrogens (tertiary/aromatic N) is 1. The van der Waals surface area contributed by atoms with Gasteiger partial charge in [-0.15, -0.1) is 0 Å². The molecule has 1 aromatic carbocycles. The van der Waals surface area contributed by atoms with E-state index in [4.69, 9.17) is 10.4 Å². The maximum Gasteiger partial charge on any atom is 0.306 e. The molecule has 0 aliphatic heterocycles. The summed E-state index contributed by atoms with van der Waals surface area (Å²) in [6.07, 6.45) is -3.15. The van der Waals surface area contributed by atoms with Crippen LogP contribution >= 0.6 is 0 Å². The van der Waals surface area contributed by atoms with Gasteiger partial charge in [0.25, 0.3) is 0 Å². The molecule has 2 unspecified atom stereocenters. The minimum Gasteiger partial charge on any atom is -0.481 e. The van der Waals surface area contributed by atoms with Gasteiger partial charge in [-0.25, -0.2) is 0 Å². The van der Waals surface area contributed by atoms with Gasteiger partial charge in [-0.2, -0.15) is 5.26 Å². The quantitative estimate of drug-likeness (QED) is 0.714. The summed E-state index contributed by atoms with van der Waals surface area (Å²) in [5, 5.41) is 36.4. The van der Waals surface area contributed by atoms with Gasteiger partial charge in [0.2, 0.25) is 0 Å². The zero-order chi connectivity index (χ0) is 13.0. The van der Waals surface area contributed by atoms with E-state index in [1.807, 2.05) is 6.07 Å². The average Bonchev–Trinajstić information content (AvgIpc) is 2.27. The van der Waals surface area contributed by atoms with Gasteiger partial charge in [0, 0.05) is 0 Å². The third kappa shape index (κ3) is 3.28. The molecule has 5 nitrogen and oxygen atoms in total. The minimum absolute atomic E-state index is 0.398. The van der Waals surface area contributed by atoms with E-state index in [1.165, 1.54) is 12.1 Å². The highest BCUT2D eigenvalue weighted by Gasteiger charge is 2.21. The average molecular weight is 235 g/mol. The molecule has 17 heavy (non-hydrogen) atoms. The normalized spacial score (nSPS) is 13.8. The van der Waals surface area contributed by atoms with E-state index in [2.05, 4.69) is 0 Å². The molecular formula is C12H13NO4. The standard InChI is InChI=1S/C12H13NO4/c1-7-4-8(2-3-9(7)6-13)12(17)10(14)5-11(15)16/h2-4,10,12,14,17H,5H2,1H3,(H,15,16). The Bertz CT molecular complexity index is 464. The number of aliphatic carboxylic acids is 1. The van der Waals surface area contributed by atoms with Gasteiger partial charge in [0.1, 0.15) is 6.10 Å². The molecule has 0 heterocycles. The lowest BCUT2D eigenvalue weighted by atomic mass is 9.98. The first-order chi connectivity index (χ1) is 7.95. The Kier molecular flexibility index (Phi) is 4.21. The molecule has 0 aliphatic rings. The molecule has 0 amide bonds. The highest BCUT2D eigenvalue weighted by Crippen LogP contribution is 2.21. The van der Waals surface area contributed by atoms with Gasteiger partial charge in [0.15, 0.2) is 0 Å². The fourth-order valence-electron chi connectivity index (χ4n) is 1.51. The largest absolute Gasteiger partial charge is 0.481 e. The van der Waals surface area contributed by atoms with Crippen LogP contribution in [0.25, 0.3) is 0 Å². The van der Waals surface area contributed by atoms with E-state index in [1.54, 1.807) is 13.0 Å². The van der Waals surface area contributed by atoms with Crippen LogP contribution in [-0.4, -0.2) is 27.4 Å². The molecule has 0 radical (unpaired) electrons. The number of rotatable bonds is 4. The fourth-order valence-corrected chi connectivity index (χ4v) is 1.51. The molecular weight excluding hydrogens is 222 g/mol. The summed E-state index contributed by atoms with van der Waals surface area (Å²) in [6.45, 7) is 1.71. The molecule has 0 fully saturated rings. The van der Waals surface area contributed by atoms with Gasteiger partial charge < -0.3 is 15.3 Å². The summed E-state index contributed by atoms with van der Waals surface area (Å²) in [5.74, 6) is -1.18. The first-order valence-corrected chi connectivity index (χ1v) is 5.04. The van der Waals surface area contributed by atoms with E-state index < -0.39 is 24.6 Å². The molecule has 0 aliphatic carbocycles. The Morgan fingerprint density at radius 1 is 1.47 bits per heavy atom. The number of aryl methyl sites for hydroxylation is 1. The van der Waals surface area contributed by atoms with Gasteiger partial charge in [-0.1, -0.05) is 12.1 Å². The summed E-state index contributed by atoms with van der Waals surface area (Å²) in [4.78, 5) is 10.4. The van der Waals surface area contributed by atoms with E-state index in [9.17, 15) is 15.0 Å². The molecule has 2 atom stereocenters. The van der Waals surface area contributed by atoms with Gasteiger partial charge in [0.05, 0.1) is 24.2 Å². The van der Waals surface area contributed by atoms with E-state index >= 15 is 0 Å². The van der Waals surface area contributed by atoms with Gasteiger partial charge in [-0.05, 0) is 24.1 Å². The number of aliphatic hydroxyl groups is 2. The van der Waals surface area contributed by atoms with E-state index in [-0.39, 0.29) is 0 Å². The minimum atomic E-state index is -1.36. The van der Waals surface area contributed by atoms with Gasteiger partial charge in [-0.3, -0.25) is 4.79 Å². The van der Waals surface area contributed by atoms with Crippen LogP contribution in [0.1, 0.15) is 29.2 Å². The Hall–Kier alpha value is -1.90. The van der Waals surface area contributed by atoms with Crippen molar-refractivity contribution >= 4 is 5.97 Å². The number of aliphatic hydroxyl groups excluding tert-OH is 2. The van der Waals surface area contributed by atoms with Crippen molar-refractivity contribution in [2.45, 2.75) is 25.6 Å². The molecule has 1 rings (SSSR count). The number of carboxylic acid groups (broad SMARTS) is 1. The molecule has 0 spiro atoms. The van der Waals surface area contributed by atoms with Crippen molar-refractivity contribution in [2.75, 3.05) is 0 Å². The molecule has 0 bridgehead atoms. The summed E-state index contributed by atoms with van der Waals surface area (Å²) in [5.41, 5.74) is 1.55. The summed E-state index contributed by atoms with van der Waals surface area (Å²) in [6, 6.07) is 6.58. The second kappa shape index (κ2) is 5.43. The molecule has 90 valence electrons. The number of hydrogen-bond acceptors (Lipinski definition) is 4. The Morgan fingerprint density at radius 3 is 2.59 bits per heavy atom. The second-order valence-corrected chi connectivity index (χ2v) is 3.80. The Morgan fingerprint density at radius 2 is 2.12 bits per heavy atom. The fraction of sp³-hybridized carbons (Fsp3) is 0.333. The van der Waals surface area contributed by atoms with Crippen molar-refractivity contribution in [3.63, 3.8) is 0 Å². The molecule has 1 aromatic rings. The SMILES string of the molecule is Cc1cc(C(O)C(O)CC(=O)O)ccc1C#N. The number of benzene rings is 1. The first-order valence-electron chi connectivity index (χ1n) is 5.04. The van der Waals surface area contributed by atoms with Crippen molar-refractivity contribution in [2.24, 2.45) is 0 Å². The van der Waals surface area contributed by atoms with Crippen LogP contribution in [-0.2, 0) is 4.79 Å². The Balaban J connectivity index is 2.90. The summed E-state index contributed by atoms with van der Waals surface area (Å²) >= 11 is 0. The van der Waals surface area contributed by atoms with Crippen molar-refractivity contribution in [3.05, 3.63) is 34.9 Å². The molecule has 0 saturated heterocycles.